The van der Waals surface area contributed by atoms with E-state index in [2.05, 4.69) is 115 Å². The van der Waals surface area contributed by atoms with Crippen LogP contribution in [0.1, 0.15) is 27.7 Å². The summed E-state index contributed by atoms with van der Waals surface area (Å²) < 4.78 is 1.99. The van der Waals surface area contributed by atoms with Crippen LogP contribution in [0.5, 0.6) is 0 Å². The Balaban J connectivity index is 0.000000791. The molecular formula is C33H33Br3N2. The van der Waals surface area contributed by atoms with Crippen molar-refractivity contribution >= 4 is 47.8 Å². The summed E-state index contributed by atoms with van der Waals surface area (Å²) in [5.41, 5.74) is 7.22. The van der Waals surface area contributed by atoms with Gasteiger partial charge in [-0.15, -0.1) is 0 Å². The Hall–Kier alpha value is -2.60. The van der Waals surface area contributed by atoms with Gasteiger partial charge in [-0.2, -0.15) is 0 Å². The van der Waals surface area contributed by atoms with Crippen molar-refractivity contribution in [3.05, 3.63) is 118 Å². The summed E-state index contributed by atoms with van der Waals surface area (Å²) in [5, 5.41) is 0. The minimum absolute atomic E-state index is 0.710. The van der Waals surface area contributed by atoms with Crippen molar-refractivity contribution in [2.45, 2.75) is 27.7 Å². The minimum Gasteiger partial charge on any atom is -0.228 e. The lowest BCUT2D eigenvalue weighted by atomic mass is 10.0. The standard InChI is InChI=1S/C28H18Br2N2.2C2H6.CH3Br/c29-24-15-23(16-25(30)17-24)27-18-26(31-28(32-27)22-9-5-2-6-10-22)21-13-11-20(12-14-21)19-7-3-1-4-8-19;3*1-2/h1-18H;2*1-2H3;1H3. The summed E-state index contributed by atoms with van der Waals surface area (Å²) in [6.07, 6.45) is 0. The van der Waals surface area contributed by atoms with Gasteiger partial charge in [0.1, 0.15) is 0 Å². The summed E-state index contributed by atoms with van der Waals surface area (Å²) >= 11 is 10.1. The highest BCUT2D eigenvalue weighted by Gasteiger charge is 2.12. The van der Waals surface area contributed by atoms with E-state index in [1.807, 2.05) is 76.0 Å². The van der Waals surface area contributed by atoms with Crippen LogP contribution in [-0.2, 0) is 0 Å². The van der Waals surface area contributed by atoms with Crippen LogP contribution < -0.4 is 0 Å². The number of hydrogen-bond donors (Lipinski definition) is 0. The fraction of sp³-hybridized carbons (Fsp3) is 0.152. The number of benzene rings is 4. The van der Waals surface area contributed by atoms with Gasteiger partial charge < -0.3 is 0 Å². The van der Waals surface area contributed by atoms with Crippen molar-refractivity contribution in [3.63, 3.8) is 0 Å². The molecule has 38 heavy (non-hydrogen) atoms. The van der Waals surface area contributed by atoms with E-state index in [0.717, 1.165) is 37.0 Å². The first-order chi connectivity index (χ1) is 18.7. The van der Waals surface area contributed by atoms with Crippen LogP contribution in [0.25, 0.3) is 45.0 Å². The molecule has 5 heteroatoms. The third kappa shape index (κ3) is 8.72. The molecule has 0 saturated carbocycles. The summed E-state index contributed by atoms with van der Waals surface area (Å²) in [6.45, 7) is 8.00. The highest BCUT2D eigenvalue weighted by atomic mass is 79.9. The molecule has 0 aliphatic carbocycles. The highest BCUT2D eigenvalue weighted by molar-refractivity contribution is 9.11. The third-order valence-corrected chi connectivity index (χ3v) is 6.12. The van der Waals surface area contributed by atoms with Crippen molar-refractivity contribution in [1.29, 1.82) is 0 Å². The van der Waals surface area contributed by atoms with Gasteiger partial charge in [0.25, 0.3) is 0 Å². The molecule has 196 valence electrons. The summed E-state index contributed by atoms with van der Waals surface area (Å²) in [5.74, 6) is 2.52. The maximum absolute atomic E-state index is 4.91. The molecule has 4 aromatic carbocycles. The summed E-state index contributed by atoms with van der Waals surface area (Å²) in [7, 11) is 0. The summed E-state index contributed by atoms with van der Waals surface area (Å²) in [6, 6.07) is 37.2. The van der Waals surface area contributed by atoms with Gasteiger partial charge in [0, 0.05) is 25.6 Å². The number of aromatic nitrogens is 2. The molecule has 0 aliphatic rings. The Labute approximate surface area is 253 Å². The Kier molecular flexibility index (Phi) is 14.2. The van der Waals surface area contributed by atoms with E-state index in [1.165, 1.54) is 11.1 Å². The number of alkyl halides is 1. The largest absolute Gasteiger partial charge is 0.228 e. The van der Waals surface area contributed by atoms with Gasteiger partial charge in [-0.05, 0) is 41.2 Å². The fourth-order valence-corrected chi connectivity index (χ4v) is 4.92. The molecular weight excluding hydrogens is 664 g/mol. The van der Waals surface area contributed by atoms with Gasteiger partial charge in [0.05, 0.1) is 11.4 Å². The first kappa shape index (κ1) is 31.6. The van der Waals surface area contributed by atoms with E-state index < -0.39 is 0 Å². The van der Waals surface area contributed by atoms with Crippen molar-refractivity contribution in [2.75, 3.05) is 5.83 Å². The third-order valence-electron chi connectivity index (χ3n) is 5.20. The molecule has 0 radical (unpaired) electrons. The Bertz CT molecular complexity index is 1350. The molecule has 0 atom stereocenters. The van der Waals surface area contributed by atoms with Crippen LogP contribution in [0.2, 0.25) is 0 Å². The van der Waals surface area contributed by atoms with Crippen molar-refractivity contribution in [1.82, 2.24) is 9.97 Å². The molecule has 0 amide bonds. The van der Waals surface area contributed by atoms with Crippen LogP contribution in [0.4, 0.5) is 0 Å². The number of rotatable bonds is 4. The molecule has 2 nitrogen and oxygen atoms in total. The second-order valence-electron chi connectivity index (χ2n) is 7.43. The van der Waals surface area contributed by atoms with E-state index in [4.69, 9.17) is 9.97 Å². The quantitative estimate of drug-likeness (QED) is 0.175. The van der Waals surface area contributed by atoms with Gasteiger partial charge in [0.2, 0.25) is 0 Å². The zero-order valence-electron chi connectivity index (χ0n) is 22.4. The average Bonchev–Trinajstić information content (AvgIpc) is 3.00. The first-order valence-electron chi connectivity index (χ1n) is 12.6. The predicted octanol–water partition coefficient (Wildman–Crippen LogP) is 11.7. The van der Waals surface area contributed by atoms with Crippen LogP contribution in [-0.4, -0.2) is 15.8 Å². The molecule has 5 aromatic rings. The van der Waals surface area contributed by atoms with Gasteiger partial charge in [-0.1, -0.05) is 160 Å². The van der Waals surface area contributed by atoms with Crippen LogP contribution in [0.3, 0.4) is 0 Å². The zero-order chi connectivity index (χ0) is 27.9. The minimum atomic E-state index is 0.710. The predicted molar refractivity (Wildman–Crippen MR) is 177 cm³/mol. The van der Waals surface area contributed by atoms with E-state index in [-0.39, 0.29) is 0 Å². The van der Waals surface area contributed by atoms with E-state index in [9.17, 15) is 0 Å². The summed E-state index contributed by atoms with van der Waals surface area (Å²) in [4.78, 5) is 9.81. The molecule has 0 bridgehead atoms. The lowest BCUT2D eigenvalue weighted by Gasteiger charge is -2.11. The molecule has 1 heterocycles. The molecule has 1 aromatic heterocycles. The maximum atomic E-state index is 4.91. The molecule has 0 saturated heterocycles. The van der Waals surface area contributed by atoms with Crippen LogP contribution in [0, 0.1) is 0 Å². The van der Waals surface area contributed by atoms with Gasteiger partial charge in [0.15, 0.2) is 5.82 Å². The lowest BCUT2D eigenvalue weighted by Crippen LogP contribution is -1.96. The second-order valence-corrected chi connectivity index (χ2v) is 9.26. The van der Waals surface area contributed by atoms with Gasteiger partial charge >= 0.3 is 0 Å². The van der Waals surface area contributed by atoms with E-state index >= 15 is 0 Å². The Morgan fingerprint density at radius 2 is 0.816 bits per heavy atom. The first-order valence-corrected chi connectivity index (χ1v) is 15.8. The number of halogens is 3. The lowest BCUT2D eigenvalue weighted by molar-refractivity contribution is 1.18. The van der Waals surface area contributed by atoms with E-state index in [0.29, 0.717) is 5.82 Å². The van der Waals surface area contributed by atoms with Crippen LogP contribution in [0.15, 0.2) is 118 Å². The van der Waals surface area contributed by atoms with E-state index in [1.54, 1.807) is 0 Å². The molecule has 0 aliphatic heterocycles. The maximum Gasteiger partial charge on any atom is 0.160 e. The highest BCUT2D eigenvalue weighted by Crippen LogP contribution is 2.31. The van der Waals surface area contributed by atoms with Gasteiger partial charge in [-0.25, -0.2) is 9.97 Å². The normalized spacial score (nSPS) is 9.58. The molecule has 0 fully saturated rings. The zero-order valence-corrected chi connectivity index (χ0v) is 27.2. The molecule has 0 spiro atoms. The van der Waals surface area contributed by atoms with Gasteiger partial charge in [-0.3, -0.25) is 0 Å². The topological polar surface area (TPSA) is 25.8 Å². The van der Waals surface area contributed by atoms with Crippen molar-refractivity contribution in [2.24, 2.45) is 0 Å². The Morgan fingerprint density at radius 3 is 1.32 bits per heavy atom. The number of nitrogens with zero attached hydrogens (tertiary/aromatic N) is 2. The van der Waals surface area contributed by atoms with Crippen molar-refractivity contribution < 1.29 is 0 Å². The molecule has 5 rings (SSSR count). The second kappa shape index (κ2) is 17.1. The smallest absolute Gasteiger partial charge is 0.160 e. The monoisotopic (exact) mass is 694 g/mol. The van der Waals surface area contributed by atoms with Crippen LogP contribution >= 0.6 is 47.8 Å². The molecule has 0 unspecified atom stereocenters. The Morgan fingerprint density at radius 1 is 0.421 bits per heavy atom. The van der Waals surface area contributed by atoms with Crippen molar-refractivity contribution in [3.8, 4) is 45.0 Å². The fourth-order valence-electron chi connectivity index (χ4n) is 3.63. The average molecular weight is 697 g/mol. The molecule has 0 N–H and O–H groups in total. The number of hydrogen-bond acceptors (Lipinski definition) is 2. The SMILES string of the molecule is Brc1cc(Br)cc(-c2cc(-c3ccc(-c4ccccc4)cc3)nc(-c3ccccc3)n2)c1.CBr.CC.CC.